The summed E-state index contributed by atoms with van der Waals surface area (Å²) in [5, 5.41) is 1.04. The summed E-state index contributed by atoms with van der Waals surface area (Å²) >= 11 is 1.55. The van der Waals surface area contributed by atoms with Gasteiger partial charge in [0.15, 0.2) is 11.4 Å². The normalized spacial score (nSPS) is 15.1. The predicted octanol–water partition coefficient (Wildman–Crippen LogP) is 3.71. The highest BCUT2D eigenvalue weighted by Gasteiger charge is 2.26. The molecule has 0 unspecified atom stereocenters. The van der Waals surface area contributed by atoms with Gasteiger partial charge in [-0.15, -0.1) is 0 Å². The van der Waals surface area contributed by atoms with Crippen molar-refractivity contribution in [1.82, 2.24) is 4.98 Å². The maximum Gasteiger partial charge on any atom is 0.186 e. The molecule has 0 aliphatic heterocycles. The summed E-state index contributed by atoms with van der Waals surface area (Å²) in [6.07, 6.45) is 4.78. The second-order valence-electron chi connectivity index (χ2n) is 5.41. The quantitative estimate of drug-likeness (QED) is 0.705. The molecular formula is C14H22N2OS. The molecule has 1 aliphatic carbocycles. The van der Waals surface area contributed by atoms with Crippen LogP contribution in [-0.2, 0) is 0 Å². The smallest absolute Gasteiger partial charge is 0.186 e. The van der Waals surface area contributed by atoms with Gasteiger partial charge in [0, 0.05) is 13.1 Å². The molecule has 3 nitrogen and oxygen atoms in total. The average molecular weight is 266 g/mol. The van der Waals surface area contributed by atoms with Crippen molar-refractivity contribution in [3.8, 4) is 0 Å². The van der Waals surface area contributed by atoms with Gasteiger partial charge in [-0.3, -0.25) is 4.79 Å². The van der Waals surface area contributed by atoms with Crippen molar-refractivity contribution in [2.24, 2.45) is 5.92 Å². The summed E-state index contributed by atoms with van der Waals surface area (Å²) in [6.45, 7) is 8.53. The fraction of sp³-hybridized carbons (Fsp3) is 0.714. The number of hydrogen-bond donors (Lipinski definition) is 0. The molecule has 1 aliphatic rings. The van der Waals surface area contributed by atoms with Crippen LogP contribution in [0.2, 0.25) is 0 Å². The van der Waals surface area contributed by atoms with Crippen molar-refractivity contribution in [3.05, 3.63) is 10.6 Å². The number of aldehydes is 1. The molecule has 0 atom stereocenters. The molecule has 0 saturated heterocycles. The van der Waals surface area contributed by atoms with Gasteiger partial charge in [-0.25, -0.2) is 4.98 Å². The fourth-order valence-corrected chi connectivity index (χ4v) is 3.18. The number of carbonyl (C=O) groups excluding carboxylic acids is 1. The number of anilines is 1. The lowest BCUT2D eigenvalue weighted by atomic mass is 10.1. The van der Waals surface area contributed by atoms with Crippen LogP contribution in [-0.4, -0.2) is 24.4 Å². The molecule has 0 aromatic carbocycles. The Morgan fingerprint density at radius 3 is 2.67 bits per heavy atom. The summed E-state index contributed by atoms with van der Waals surface area (Å²) < 4.78 is 0. The zero-order chi connectivity index (χ0) is 13.1. The Balaban J connectivity index is 2.19. The molecular weight excluding hydrogens is 244 g/mol. The number of rotatable bonds is 7. The minimum atomic E-state index is 0.319. The lowest BCUT2D eigenvalue weighted by molar-refractivity contribution is 0.112. The molecule has 1 saturated carbocycles. The third kappa shape index (κ3) is 3.10. The van der Waals surface area contributed by atoms with Gasteiger partial charge in [-0.1, -0.05) is 32.1 Å². The first-order valence-electron chi connectivity index (χ1n) is 6.86. The van der Waals surface area contributed by atoms with E-state index < -0.39 is 0 Å². The number of thiazole rings is 1. The van der Waals surface area contributed by atoms with Crippen LogP contribution >= 0.6 is 11.3 Å². The van der Waals surface area contributed by atoms with Crippen molar-refractivity contribution in [2.45, 2.75) is 46.0 Å². The Labute approximate surface area is 113 Å². The van der Waals surface area contributed by atoms with E-state index in [4.69, 9.17) is 4.98 Å². The van der Waals surface area contributed by atoms with E-state index in [2.05, 4.69) is 25.7 Å². The second-order valence-corrected chi connectivity index (χ2v) is 6.42. The first-order chi connectivity index (χ1) is 8.65. The van der Waals surface area contributed by atoms with E-state index in [0.29, 0.717) is 5.92 Å². The standard InChI is InChI=1S/C14H22N2OS/c1-4-7-16(8-11-5-6-11)14-15-13(10(2)3)12(9-17)18-14/h9-11H,4-8H2,1-3H3. The molecule has 0 radical (unpaired) electrons. The van der Waals surface area contributed by atoms with Gasteiger partial charge in [-0.05, 0) is 31.1 Å². The third-order valence-corrected chi connectivity index (χ3v) is 4.32. The summed E-state index contributed by atoms with van der Waals surface area (Å²) in [7, 11) is 0. The summed E-state index contributed by atoms with van der Waals surface area (Å²) in [5.41, 5.74) is 0.960. The molecule has 0 spiro atoms. The molecule has 4 heteroatoms. The number of carbonyl (C=O) groups is 1. The number of hydrogen-bond acceptors (Lipinski definition) is 4. The van der Waals surface area contributed by atoms with Crippen LogP contribution in [0.5, 0.6) is 0 Å². The first-order valence-corrected chi connectivity index (χ1v) is 7.68. The van der Waals surface area contributed by atoms with Crippen LogP contribution in [0.4, 0.5) is 5.13 Å². The van der Waals surface area contributed by atoms with Crippen LogP contribution in [0, 0.1) is 5.92 Å². The molecule has 0 N–H and O–H groups in total. The van der Waals surface area contributed by atoms with Crippen molar-refractivity contribution in [1.29, 1.82) is 0 Å². The van der Waals surface area contributed by atoms with Gasteiger partial charge in [-0.2, -0.15) is 0 Å². The molecule has 0 bridgehead atoms. The molecule has 1 aromatic rings. The van der Waals surface area contributed by atoms with Gasteiger partial charge in [0.05, 0.1) is 10.6 Å². The molecule has 1 aromatic heterocycles. The van der Waals surface area contributed by atoms with E-state index in [1.165, 1.54) is 12.8 Å². The average Bonchev–Trinajstić information content (AvgIpc) is 3.05. The topological polar surface area (TPSA) is 33.2 Å². The zero-order valence-corrected chi connectivity index (χ0v) is 12.3. The Kier molecular flexibility index (Phi) is 4.38. The summed E-state index contributed by atoms with van der Waals surface area (Å²) in [6, 6.07) is 0. The second kappa shape index (κ2) is 5.83. The molecule has 18 heavy (non-hydrogen) atoms. The highest BCUT2D eigenvalue weighted by molar-refractivity contribution is 7.17. The van der Waals surface area contributed by atoms with Crippen LogP contribution in [0.15, 0.2) is 0 Å². The van der Waals surface area contributed by atoms with Gasteiger partial charge >= 0.3 is 0 Å². The monoisotopic (exact) mass is 266 g/mol. The van der Waals surface area contributed by atoms with Crippen LogP contribution in [0.3, 0.4) is 0 Å². The van der Waals surface area contributed by atoms with E-state index in [9.17, 15) is 4.79 Å². The first kappa shape index (κ1) is 13.5. The summed E-state index contributed by atoms with van der Waals surface area (Å²) in [5.74, 6) is 1.17. The molecule has 100 valence electrons. The minimum Gasteiger partial charge on any atom is -0.348 e. The van der Waals surface area contributed by atoms with E-state index in [1.807, 2.05) is 0 Å². The van der Waals surface area contributed by atoms with Crippen LogP contribution in [0.1, 0.15) is 61.3 Å². The lowest BCUT2D eigenvalue weighted by Gasteiger charge is -2.20. The highest BCUT2D eigenvalue weighted by Crippen LogP contribution is 2.34. The fourth-order valence-electron chi connectivity index (χ4n) is 2.11. The molecule has 0 amide bonds. The minimum absolute atomic E-state index is 0.319. The zero-order valence-electron chi connectivity index (χ0n) is 11.5. The largest absolute Gasteiger partial charge is 0.348 e. The molecule has 1 fully saturated rings. The Morgan fingerprint density at radius 2 is 2.22 bits per heavy atom. The van der Waals surface area contributed by atoms with E-state index in [0.717, 1.165) is 47.4 Å². The van der Waals surface area contributed by atoms with Crippen molar-refractivity contribution in [3.63, 3.8) is 0 Å². The molecule has 1 heterocycles. The van der Waals surface area contributed by atoms with Gasteiger partial charge in [0.1, 0.15) is 0 Å². The van der Waals surface area contributed by atoms with Gasteiger partial charge < -0.3 is 4.90 Å². The summed E-state index contributed by atoms with van der Waals surface area (Å²) in [4.78, 5) is 19.0. The SMILES string of the molecule is CCCN(CC1CC1)c1nc(C(C)C)c(C=O)s1. The maximum atomic E-state index is 11.1. The highest BCUT2D eigenvalue weighted by atomic mass is 32.1. The van der Waals surface area contributed by atoms with Gasteiger partial charge in [0.25, 0.3) is 0 Å². The van der Waals surface area contributed by atoms with Crippen LogP contribution < -0.4 is 4.90 Å². The van der Waals surface area contributed by atoms with Gasteiger partial charge in [0.2, 0.25) is 0 Å². The van der Waals surface area contributed by atoms with Crippen molar-refractivity contribution < 1.29 is 4.79 Å². The lowest BCUT2D eigenvalue weighted by Crippen LogP contribution is -2.26. The van der Waals surface area contributed by atoms with Crippen molar-refractivity contribution >= 4 is 22.8 Å². The predicted molar refractivity (Wildman–Crippen MR) is 76.8 cm³/mol. The van der Waals surface area contributed by atoms with E-state index in [-0.39, 0.29) is 0 Å². The maximum absolute atomic E-state index is 11.1. The number of aromatic nitrogens is 1. The van der Waals surface area contributed by atoms with E-state index >= 15 is 0 Å². The Morgan fingerprint density at radius 1 is 1.50 bits per heavy atom. The molecule has 2 rings (SSSR count). The Hall–Kier alpha value is -0.900. The van der Waals surface area contributed by atoms with Crippen LogP contribution in [0.25, 0.3) is 0 Å². The number of nitrogens with zero attached hydrogens (tertiary/aromatic N) is 2. The van der Waals surface area contributed by atoms with Crippen molar-refractivity contribution in [2.75, 3.05) is 18.0 Å². The van der Waals surface area contributed by atoms with E-state index in [1.54, 1.807) is 11.3 Å². The third-order valence-electron chi connectivity index (χ3n) is 3.26. The Bertz CT molecular complexity index is 410.